The Morgan fingerprint density at radius 2 is 1.74 bits per heavy atom. The summed E-state index contributed by atoms with van der Waals surface area (Å²) >= 11 is 0. The molecule has 184 valence electrons. The molecular formula is C28H37NO5. The van der Waals surface area contributed by atoms with Gasteiger partial charge in [0, 0.05) is 11.5 Å². The number of carbonyl (C=O) groups excluding carboxylic acids is 1. The molecular weight excluding hydrogens is 430 g/mol. The summed E-state index contributed by atoms with van der Waals surface area (Å²) in [5.41, 5.74) is 1.68. The summed E-state index contributed by atoms with van der Waals surface area (Å²) in [7, 11) is 0. The number of carbonyl (C=O) groups is 2. The van der Waals surface area contributed by atoms with E-state index in [4.69, 9.17) is 9.47 Å². The van der Waals surface area contributed by atoms with Crippen LogP contribution in [0.5, 0.6) is 5.75 Å². The van der Waals surface area contributed by atoms with Crippen molar-refractivity contribution < 1.29 is 24.2 Å². The van der Waals surface area contributed by atoms with Crippen molar-refractivity contribution in [1.29, 1.82) is 0 Å². The van der Waals surface area contributed by atoms with Gasteiger partial charge in [-0.1, -0.05) is 54.4 Å². The molecule has 3 rings (SSSR count). The molecule has 6 heteroatoms. The van der Waals surface area contributed by atoms with Crippen molar-refractivity contribution >= 4 is 12.1 Å². The first-order valence-electron chi connectivity index (χ1n) is 12.1. The first kappa shape index (κ1) is 25.6. The van der Waals surface area contributed by atoms with Crippen molar-refractivity contribution in [2.24, 2.45) is 5.92 Å². The van der Waals surface area contributed by atoms with Gasteiger partial charge in [-0.3, -0.25) is 4.90 Å². The molecule has 1 heterocycles. The average molecular weight is 468 g/mol. The van der Waals surface area contributed by atoms with Gasteiger partial charge in [0.2, 0.25) is 0 Å². The van der Waals surface area contributed by atoms with Crippen molar-refractivity contribution in [3.05, 3.63) is 65.7 Å². The van der Waals surface area contributed by atoms with E-state index in [9.17, 15) is 14.7 Å². The van der Waals surface area contributed by atoms with Crippen molar-refractivity contribution in [3.8, 4) is 5.75 Å². The second kappa shape index (κ2) is 10.9. The first-order chi connectivity index (χ1) is 16.1. The number of hydrogen-bond donors (Lipinski definition) is 1. The minimum atomic E-state index is -1.12. The number of rotatable bonds is 5. The lowest BCUT2D eigenvalue weighted by atomic mass is 9.86. The molecule has 0 unspecified atom stereocenters. The Labute approximate surface area is 202 Å². The molecule has 0 aliphatic carbocycles. The van der Waals surface area contributed by atoms with Crippen LogP contribution >= 0.6 is 0 Å². The van der Waals surface area contributed by atoms with Gasteiger partial charge >= 0.3 is 12.1 Å². The molecule has 2 aromatic carbocycles. The van der Waals surface area contributed by atoms with E-state index in [1.54, 1.807) is 20.8 Å². The van der Waals surface area contributed by atoms with Crippen LogP contribution in [-0.2, 0) is 16.0 Å². The van der Waals surface area contributed by atoms with Gasteiger partial charge in [-0.05, 0) is 71.6 Å². The predicted molar refractivity (Wildman–Crippen MR) is 132 cm³/mol. The van der Waals surface area contributed by atoms with Gasteiger partial charge in [0.1, 0.15) is 24.0 Å². The molecule has 1 fully saturated rings. The lowest BCUT2D eigenvalue weighted by Gasteiger charge is -2.38. The zero-order valence-corrected chi connectivity index (χ0v) is 20.9. The van der Waals surface area contributed by atoms with Crippen LogP contribution in [0, 0.1) is 12.8 Å². The maximum atomic E-state index is 13.2. The Morgan fingerprint density at radius 1 is 1.09 bits per heavy atom. The van der Waals surface area contributed by atoms with Gasteiger partial charge in [0.25, 0.3) is 0 Å². The highest BCUT2D eigenvalue weighted by Gasteiger charge is 2.42. The molecule has 0 aromatic heterocycles. The SMILES string of the molecule is Cc1ccc(C[C@H]2CCC[C@H](N(C(=O)O)C(C)(C)C)C(=O)O[C@@H](C)[C@@H]2Oc2ccccc2)cc1. The van der Waals surface area contributed by atoms with Gasteiger partial charge in [0.15, 0.2) is 0 Å². The first-order valence-corrected chi connectivity index (χ1v) is 12.1. The van der Waals surface area contributed by atoms with Crippen LogP contribution in [0.2, 0.25) is 0 Å². The van der Waals surface area contributed by atoms with Crippen molar-refractivity contribution in [1.82, 2.24) is 4.90 Å². The number of cyclic esters (lactones) is 1. The summed E-state index contributed by atoms with van der Waals surface area (Å²) in [5, 5.41) is 9.89. The number of ether oxygens (including phenoxy) is 2. The number of hydrogen-bond acceptors (Lipinski definition) is 4. The summed E-state index contributed by atoms with van der Waals surface area (Å²) in [6, 6.07) is 17.2. The van der Waals surface area contributed by atoms with Crippen molar-refractivity contribution in [2.45, 2.75) is 84.1 Å². The molecule has 4 atom stereocenters. The highest BCUT2D eigenvalue weighted by molar-refractivity contribution is 5.81. The zero-order valence-electron chi connectivity index (χ0n) is 20.9. The fraction of sp³-hybridized carbons (Fsp3) is 0.500. The average Bonchev–Trinajstić information content (AvgIpc) is 2.81. The molecule has 0 saturated carbocycles. The summed E-state index contributed by atoms with van der Waals surface area (Å²) < 4.78 is 12.3. The lowest BCUT2D eigenvalue weighted by Crippen LogP contribution is -2.55. The number of aryl methyl sites for hydroxylation is 1. The third-order valence-corrected chi connectivity index (χ3v) is 6.43. The number of benzene rings is 2. The molecule has 1 amide bonds. The summed E-state index contributed by atoms with van der Waals surface area (Å²) in [6.07, 6.45) is 0.662. The largest absolute Gasteiger partial charge is 0.486 e. The molecule has 6 nitrogen and oxygen atoms in total. The highest BCUT2D eigenvalue weighted by atomic mass is 16.6. The van der Waals surface area contributed by atoms with Crippen LogP contribution in [0.1, 0.15) is 58.1 Å². The second-order valence-electron chi connectivity index (χ2n) is 10.3. The second-order valence-corrected chi connectivity index (χ2v) is 10.3. The number of amides is 1. The van der Waals surface area contributed by atoms with Crippen molar-refractivity contribution in [2.75, 3.05) is 0 Å². The molecule has 2 aromatic rings. The van der Waals surface area contributed by atoms with Gasteiger partial charge in [-0.25, -0.2) is 9.59 Å². The molecule has 0 bridgehead atoms. The van der Waals surface area contributed by atoms with E-state index in [1.807, 2.05) is 37.3 Å². The van der Waals surface area contributed by atoms with E-state index in [1.165, 1.54) is 16.0 Å². The Morgan fingerprint density at radius 3 is 2.32 bits per heavy atom. The molecule has 0 radical (unpaired) electrons. The molecule has 0 spiro atoms. The monoisotopic (exact) mass is 467 g/mol. The number of para-hydroxylation sites is 1. The van der Waals surface area contributed by atoms with E-state index < -0.39 is 29.7 Å². The standard InChI is InChI=1S/C28H37NO5/c1-19-14-16-21(17-15-19)18-22-10-9-13-24(29(27(31)32)28(3,4)5)26(30)33-20(2)25(22)34-23-11-7-6-8-12-23/h6-8,11-12,14-17,20,22,24-25H,9-10,13,18H2,1-5H3,(H,31,32)/t20-,22+,24-,25-/m0/s1. The van der Waals surface area contributed by atoms with E-state index in [0.717, 1.165) is 18.6 Å². The summed E-state index contributed by atoms with van der Waals surface area (Å²) in [4.78, 5) is 26.6. The molecule has 1 N–H and O–H groups in total. The van der Waals surface area contributed by atoms with Gasteiger partial charge in [-0.15, -0.1) is 0 Å². The normalized spacial score (nSPS) is 23.7. The smallest absolute Gasteiger partial charge is 0.408 e. The summed E-state index contributed by atoms with van der Waals surface area (Å²) in [5.74, 6) is 0.307. The third kappa shape index (κ3) is 6.52. The van der Waals surface area contributed by atoms with E-state index >= 15 is 0 Å². The van der Waals surface area contributed by atoms with Crippen LogP contribution in [0.15, 0.2) is 54.6 Å². The lowest BCUT2D eigenvalue weighted by molar-refractivity contribution is -0.161. The minimum absolute atomic E-state index is 0.0948. The fourth-order valence-corrected chi connectivity index (χ4v) is 4.78. The van der Waals surface area contributed by atoms with Crippen LogP contribution in [0.4, 0.5) is 4.79 Å². The van der Waals surface area contributed by atoms with E-state index in [-0.39, 0.29) is 12.0 Å². The van der Waals surface area contributed by atoms with Gasteiger partial charge in [-0.2, -0.15) is 0 Å². The maximum Gasteiger partial charge on any atom is 0.408 e. The summed E-state index contributed by atoms with van der Waals surface area (Å²) in [6.45, 7) is 9.30. The molecule has 1 aliphatic heterocycles. The predicted octanol–water partition coefficient (Wildman–Crippen LogP) is 5.86. The number of carboxylic acid groups (broad SMARTS) is 1. The maximum absolute atomic E-state index is 13.2. The third-order valence-electron chi connectivity index (χ3n) is 6.43. The van der Waals surface area contributed by atoms with Crippen LogP contribution < -0.4 is 4.74 Å². The van der Waals surface area contributed by atoms with Gasteiger partial charge < -0.3 is 14.6 Å². The van der Waals surface area contributed by atoms with E-state index in [0.29, 0.717) is 12.8 Å². The van der Waals surface area contributed by atoms with Gasteiger partial charge in [0.05, 0.1) is 0 Å². The minimum Gasteiger partial charge on any atom is -0.486 e. The zero-order chi connectivity index (χ0) is 24.9. The Hall–Kier alpha value is -3.02. The van der Waals surface area contributed by atoms with E-state index in [2.05, 4.69) is 31.2 Å². The number of nitrogens with zero attached hydrogens (tertiary/aromatic N) is 1. The molecule has 34 heavy (non-hydrogen) atoms. The topological polar surface area (TPSA) is 76.1 Å². The van der Waals surface area contributed by atoms with Crippen LogP contribution in [0.3, 0.4) is 0 Å². The highest BCUT2D eigenvalue weighted by Crippen LogP contribution is 2.31. The molecule has 1 aliphatic rings. The quantitative estimate of drug-likeness (QED) is 0.557. The number of esters is 1. The Bertz CT molecular complexity index is 951. The van der Waals surface area contributed by atoms with Crippen LogP contribution in [-0.4, -0.2) is 45.9 Å². The Balaban J connectivity index is 1.92. The fourth-order valence-electron chi connectivity index (χ4n) is 4.78. The van der Waals surface area contributed by atoms with Crippen LogP contribution in [0.25, 0.3) is 0 Å². The Kier molecular flexibility index (Phi) is 8.24. The molecule has 1 saturated heterocycles. The van der Waals surface area contributed by atoms with Crippen molar-refractivity contribution in [3.63, 3.8) is 0 Å².